The predicted molar refractivity (Wildman–Crippen MR) is 112 cm³/mol. The van der Waals surface area contributed by atoms with Gasteiger partial charge in [-0.1, -0.05) is 18.2 Å². The molecule has 2 fully saturated rings. The minimum atomic E-state index is 0.0421. The summed E-state index contributed by atoms with van der Waals surface area (Å²) in [4.78, 5) is 15.3. The number of carbonyl (C=O) groups excluding carboxylic acids is 1. The molecule has 5 heteroatoms. The Bertz CT molecular complexity index is 1020. The summed E-state index contributed by atoms with van der Waals surface area (Å²) in [5, 5.41) is 4.74. The Morgan fingerprint density at radius 3 is 2.48 bits per heavy atom. The maximum absolute atomic E-state index is 13.3. The minimum Gasteiger partial charge on any atom is -0.497 e. The number of aromatic nitrogens is 2. The molecule has 0 radical (unpaired) electrons. The van der Waals surface area contributed by atoms with E-state index in [-0.39, 0.29) is 5.91 Å². The lowest BCUT2D eigenvalue weighted by Crippen LogP contribution is -2.41. The third kappa shape index (κ3) is 3.41. The van der Waals surface area contributed by atoms with E-state index in [9.17, 15) is 4.79 Å². The molecule has 0 N–H and O–H groups in total. The fraction of sp³-hybridized carbons (Fsp3) is 0.333. The molecular weight excluding hydrogens is 362 g/mol. The molecule has 1 aromatic heterocycles. The molecule has 1 saturated carbocycles. The van der Waals surface area contributed by atoms with E-state index in [0.29, 0.717) is 11.1 Å². The van der Waals surface area contributed by atoms with Crippen molar-refractivity contribution >= 4 is 5.91 Å². The molecule has 2 heterocycles. The van der Waals surface area contributed by atoms with Crippen molar-refractivity contribution in [3.63, 3.8) is 0 Å². The fourth-order valence-corrected chi connectivity index (χ4v) is 4.35. The lowest BCUT2D eigenvalue weighted by Gasteiger charge is -2.32. The van der Waals surface area contributed by atoms with Gasteiger partial charge in [-0.3, -0.25) is 4.79 Å². The Kier molecular flexibility index (Phi) is 4.38. The van der Waals surface area contributed by atoms with Crippen LogP contribution >= 0.6 is 0 Å². The first-order valence-electron chi connectivity index (χ1n) is 10.3. The van der Waals surface area contributed by atoms with E-state index in [1.807, 2.05) is 70.2 Å². The van der Waals surface area contributed by atoms with Crippen LogP contribution in [0.5, 0.6) is 5.75 Å². The van der Waals surface area contributed by atoms with E-state index in [0.717, 1.165) is 42.2 Å². The highest BCUT2D eigenvalue weighted by atomic mass is 16.5. The summed E-state index contributed by atoms with van der Waals surface area (Å²) < 4.78 is 7.15. The number of hydrogen-bond acceptors (Lipinski definition) is 3. The largest absolute Gasteiger partial charge is 0.497 e. The van der Waals surface area contributed by atoms with E-state index >= 15 is 0 Å². The number of nitrogens with zero attached hydrogens (tertiary/aromatic N) is 3. The average Bonchev–Trinajstić information content (AvgIpc) is 3.36. The van der Waals surface area contributed by atoms with E-state index in [1.165, 1.54) is 19.3 Å². The van der Waals surface area contributed by atoms with Gasteiger partial charge in [-0.05, 0) is 73.6 Å². The van der Waals surface area contributed by atoms with Crippen molar-refractivity contribution in [1.29, 1.82) is 0 Å². The number of methoxy groups -OCH3 is 1. The molecule has 148 valence electrons. The van der Waals surface area contributed by atoms with Crippen molar-refractivity contribution in [3.05, 3.63) is 66.4 Å². The van der Waals surface area contributed by atoms with Crippen LogP contribution in [0, 0.1) is 5.41 Å². The van der Waals surface area contributed by atoms with Crippen LogP contribution in [0.1, 0.15) is 36.2 Å². The van der Waals surface area contributed by atoms with Crippen molar-refractivity contribution in [2.75, 3.05) is 20.2 Å². The summed E-state index contributed by atoms with van der Waals surface area (Å²) in [6.07, 6.45) is 4.86. The molecule has 5 nitrogen and oxygen atoms in total. The Morgan fingerprint density at radius 1 is 1.03 bits per heavy atom. The van der Waals surface area contributed by atoms with Crippen molar-refractivity contribution in [3.8, 4) is 22.7 Å². The summed E-state index contributed by atoms with van der Waals surface area (Å²) in [6, 6.07) is 19.8. The van der Waals surface area contributed by atoms with E-state index < -0.39 is 0 Å². The van der Waals surface area contributed by atoms with Gasteiger partial charge in [0.15, 0.2) is 5.69 Å². The number of amides is 1. The molecule has 0 unspecified atom stereocenters. The molecule has 1 amide bonds. The van der Waals surface area contributed by atoms with Gasteiger partial charge in [0.1, 0.15) is 5.75 Å². The standard InChI is InChI=1S/C24H25N3O2/c1-29-20-10-8-18(9-11-20)22-16-21(25-27(22)19-6-3-2-4-7-19)23(28)26-15-5-12-24(17-26)13-14-24/h2-4,6-11,16H,5,12-15,17H2,1H3. The summed E-state index contributed by atoms with van der Waals surface area (Å²) in [7, 11) is 1.66. The molecule has 5 rings (SSSR count). The van der Waals surface area contributed by atoms with Crippen LogP contribution in [0.4, 0.5) is 0 Å². The lowest BCUT2D eigenvalue weighted by molar-refractivity contribution is 0.0648. The number of benzene rings is 2. The van der Waals surface area contributed by atoms with Gasteiger partial charge in [0, 0.05) is 18.7 Å². The monoisotopic (exact) mass is 387 g/mol. The van der Waals surface area contributed by atoms with Crippen LogP contribution < -0.4 is 4.74 Å². The van der Waals surface area contributed by atoms with Gasteiger partial charge in [-0.15, -0.1) is 0 Å². The first-order valence-corrected chi connectivity index (χ1v) is 10.3. The Morgan fingerprint density at radius 2 is 1.79 bits per heavy atom. The Labute approximate surface area is 170 Å². The molecule has 3 aromatic rings. The van der Waals surface area contributed by atoms with Crippen LogP contribution in [0.15, 0.2) is 60.7 Å². The number of rotatable bonds is 4. The van der Waals surface area contributed by atoms with Gasteiger partial charge in [-0.2, -0.15) is 5.10 Å². The second-order valence-corrected chi connectivity index (χ2v) is 8.22. The van der Waals surface area contributed by atoms with Crippen LogP contribution in [0.25, 0.3) is 16.9 Å². The first-order chi connectivity index (χ1) is 14.2. The summed E-state index contributed by atoms with van der Waals surface area (Å²) >= 11 is 0. The third-order valence-corrected chi connectivity index (χ3v) is 6.22. The molecule has 1 spiro atoms. The average molecular weight is 387 g/mol. The highest BCUT2D eigenvalue weighted by Gasteiger charge is 2.46. The van der Waals surface area contributed by atoms with Crippen molar-refractivity contribution in [1.82, 2.24) is 14.7 Å². The highest BCUT2D eigenvalue weighted by Crippen LogP contribution is 2.52. The minimum absolute atomic E-state index is 0.0421. The molecule has 1 saturated heterocycles. The van der Waals surface area contributed by atoms with E-state index in [4.69, 9.17) is 9.84 Å². The van der Waals surface area contributed by atoms with Gasteiger partial charge >= 0.3 is 0 Å². The van der Waals surface area contributed by atoms with Crippen LogP contribution in [0.2, 0.25) is 0 Å². The van der Waals surface area contributed by atoms with Gasteiger partial charge in [0.05, 0.1) is 18.5 Å². The quantitative estimate of drug-likeness (QED) is 0.659. The maximum Gasteiger partial charge on any atom is 0.274 e. The van der Waals surface area contributed by atoms with Gasteiger partial charge in [0.25, 0.3) is 5.91 Å². The molecule has 0 atom stereocenters. The maximum atomic E-state index is 13.3. The summed E-state index contributed by atoms with van der Waals surface area (Å²) in [5.41, 5.74) is 3.75. The second kappa shape index (κ2) is 7.07. The molecule has 2 aliphatic rings. The van der Waals surface area contributed by atoms with Gasteiger partial charge in [-0.25, -0.2) is 4.68 Å². The zero-order valence-electron chi connectivity index (χ0n) is 16.7. The molecular formula is C24H25N3O2. The molecule has 1 aliphatic carbocycles. The van der Waals surface area contributed by atoms with Crippen LogP contribution in [-0.4, -0.2) is 40.8 Å². The lowest BCUT2D eigenvalue weighted by atomic mass is 9.95. The Balaban J connectivity index is 1.53. The number of carbonyl (C=O) groups is 1. The highest BCUT2D eigenvalue weighted by molar-refractivity contribution is 5.93. The van der Waals surface area contributed by atoms with E-state index in [2.05, 4.69) is 0 Å². The summed E-state index contributed by atoms with van der Waals surface area (Å²) in [5.74, 6) is 0.847. The third-order valence-electron chi connectivity index (χ3n) is 6.22. The van der Waals surface area contributed by atoms with Crippen molar-refractivity contribution in [2.45, 2.75) is 25.7 Å². The normalized spacial score (nSPS) is 17.3. The van der Waals surface area contributed by atoms with Gasteiger partial charge in [0.2, 0.25) is 0 Å². The number of piperidine rings is 1. The molecule has 0 bridgehead atoms. The first kappa shape index (κ1) is 18.0. The molecule has 1 aliphatic heterocycles. The smallest absolute Gasteiger partial charge is 0.274 e. The zero-order chi connectivity index (χ0) is 19.8. The zero-order valence-corrected chi connectivity index (χ0v) is 16.7. The van der Waals surface area contributed by atoms with Crippen LogP contribution in [-0.2, 0) is 0 Å². The van der Waals surface area contributed by atoms with Crippen LogP contribution in [0.3, 0.4) is 0 Å². The number of likely N-dealkylation sites (tertiary alicyclic amines) is 1. The molecule has 29 heavy (non-hydrogen) atoms. The number of para-hydroxylation sites is 1. The predicted octanol–water partition coefficient (Wildman–Crippen LogP) is 4.56. The van der Waals surface area contributed by atoms with Crippen molar-refractivity contribution in [2.24, 2.45) is 5.41 Å². The number of ether oxygens (including phenoxy) is 1. The number of hydrogen-bond donors (Lipinski definition) is 0. The van der Waals surface area contributed by atoms with Crippen molar-refractivity contribution < 1.29 is 9.53 Å². The fourth-order valence-electron chi connectivity index (χ4n) is 4.35. The topological polar surface area (TPSA) is 47.4 Å². The van der Waals surface area contributed by atoms with E-state index in [1.54, 1.807) is 7.11 Å². The SMILES string of the molecule is COc1ccc(-c2cc(C(=O)N3CCCC4(CC4)C3)nn2-c2ccccc2)cc1. The molecule has 2 aromatic carbocycles. The second-order valence-electron chi connectivity index (χ2n) is 8.22. The summed E-state index contributed by atoms with van der Waals surface area (Å²) in [6.45, 7) is 1.71. The van der Waals surface area contributed by atoms with Gasteiger partial charge < -0.3 is 9.64 Å². The Hall–Kier alpha value is -3.08.